The van der Waals surface area contributed by atoms with Gasteiger partial charge in [-0.25, -0.2) is 0 Å². The molecule has 1 radical (unpaired) electrons. The Morgan fingerprint density at radius 1 is 1.00 bits per heavy atom. The van der Waals surface area contributed by atoms with E-state index in [2.05, 4.69) is 0 Å². The van der Waals surface area contributed by atoms with E-state index in [9.17, 15) is 0 Å². The molecule has 4 heteroatoms. The second kappa shape index (κ2) is 1.94. The van der Waals surface area contributed by atoms with Gasteiger partial charge in [0.1, 0.15) is 0 Å². The van der Waals surface area contributed by atoms with Crippen molar-refractivity contribution in [2.75, 3.05) is 0 Å². The molecule has 0 heterocycles. The van der Waals surface area contributed by atoms with Crippen LogP contribution in [0.15, 0.2) is 0 Å². The summed E-state index contributed by atoms with van der Waals surface area (Å²) in [5, 5.41) is 0. The van der Waals surface area contributed by atoms with Gasteiger partial charge in [-0.1, -0.05) is 0 Å². The van der Waals surface area contributed by atoms with Crippen molar-refractivity contribution in [1.82, 2.24) is 0 Å². The summed E-state index contributed by atoms with van der Waals surface area (Å²) in [7, 11) is 0. The Labute approximate surface area is 31.8 Å². The van der Waals surface area contributed by atoms with Crippen molar-refractivity contribution >= 4 is 20.8 Å². The average Bonchev–Trinajstić information content (AvgIpc) is 0.811. The number of hydrogen-bond acceptors (Lipinski definition) is 3. The van der Waals surface area contributed by atoms with Crippen molar-refractivity contribution < 1.29 is 10.4 Å². The van der Waals surface area contributed by atoms with Crippen LogP contribution in [0.4, 0.5) is 0 Å². The Bertz CT molecular complexity index is 8.00. The topological polar surface area (TPSA) is 60.7 Å². The minimum absolute atomic E-state index is 3.36. The zero-order valence-electron chi connectivity index (χ0n) is 1.75. The first-order chi connectivity index (χ1) is 1.73. The van der Waals surface area contributed by atoms with Crippen LogP contribution in [0.2, 0.25) is 0 Å². The van der Waals surface area contributed by atoms with Crippen LogP contribution >= 0.6 is 0 Å². The van der Waals surface area contributed by atoms with E-state index in [4.69, 9.17) is 10.4 Å². The molecular formula is H3O3Te. The zero-order valence-corrected chi connectivity index (χ0v) is 4.08. The molecule has 0 amide bonds. The second-order valence-corrected chi connectivity index (χ2v) is 1.64. The quantitative estimate of drug-likeness (QED) is 0.374. The van der Waals surface area contributed by atoms with Crippen LogP contribution in [-0.2, 0) is 0 Å². The van der Waals surface area contributed by atoms with Crippen molar-refractivity contribution in [2.24, 2.45) is 0 Å². The molecule has 0 rings (SSSR count). The minimum atomic E-state index is -3.36. The Morgan fingerprint density at radius 2 is 1.00 bits per heavy atom. The molecule has 0 aromatic rings. The van der Waals surface area contributed by atoms with Crippen LogP contribution in [0.3, 0.4) is 0 Å². The van der Waals surface area contributed by atoms with Gasteiger partial charge < -0.3 is 0 Å². The summed E-state index contributed by atoms with van der Waals surface area (Å²) in [5.74, 6) is 0. The molecule has 0 atom stereocenters. The summed E-state index contributed by atoms with van der Waals surface area (Å²) >= 11 is -3.36. The van der Waals surface area contributed by atoms with Crippen LogP contribution in [0.25, 0.3) is 0 Å². The number of hydrogen-bond donors (Lipinski definition) is 3. The van der Waals surface area contributed by atoms with Crippen LogP contribution < -0.4 is 0 Å². The van der Waals surface area contributed by atoms with Gasteiger partial charge in [0.05, 0.1) is 0 Å². The molecule has 0 fully saturated rings. The van der Waals surface area contributed by atoms with Crippen LogP contribution in [0.1, 0.15) is 0 Å². The molecule has 0 saturated carbocycles. The van der Waals surface area contributed by atoms with Crippen molar-refractivity contribution in [1.29, 1.82) is 0 Å². The molecular weight excluding hydrogens is 176 g/mol. The van der Waals surface area contributed by atoms with E-state index in [0.29, 0.717) is 0 Å². The number of rotatable bonds is 0. The van der Waals surface area contributed by atoms with Gasteiger partial charge in [-0.3, -0.25) is 0 Å². The third kappa shape index (κ3) is 16.6. The normalized spacial score (nSPS) is 9.00. The Hall–Kier alpha value is 0.670. The molecule has 3 N–H and O–H groups in total. The first-order valence-electron chi connectivity index (χ1n) is 0.548. The van der Waals surface area contributed by atoms with Gasteiger partial charge in [0.15, 0.2) is 0 Å². The molecule has 0 unspecified atom stereocenters. The van der Waals surface area contributed by atoms with Gasteiger partial charge in [0, 0.05) is 0 Å². The van der Waals surface area contributed by atoms with Crippen LogP contribution in [0, 0.1) is 0 Å². The van der Waals surface area contributed by atoms with Crippen molar-refractivity contribution in [3.05, 3.63) is 0 Å². The molecule has 0 aliphatic rings. The Balaban J connectivity index is 2.32. The predicted molar refractivity (Wildman–Crippen MR) is 12.4 cm³/mol. The summed E-state index contributed by atoms with van der Waals surface area (Å²) in [6, 6.07) is 0. The van der Waals surface area contributed by atoms with E-state index in [1.807, 2.05) is 0 Å². The SMILES string of the molecule is O[Te](O)O. The first kappa shape index (κ1) is 4.67. The third-order valence-electron chi connectivity index (χ3n) is 0. The van der Waals surface area contributed by atoms with Gasteiger partial charge in [-0.2, -0.15) is 0 Å². The van der Waals surface area contributed by atoms with E-state index in [1.54, 1.807) is 0 Å². The standard InChI is InChI=1S/H3O3Te/c1-4(2)3/h1-3H. The molecule has 0 aliphatic carbocycles. The monoisotopic (exact) mass is 181 g/mol. The second-order valence-electron chi connectivity index (χ2n) is 0.245. The van der Waals surface area contributed by atoms with Crippen molar-refractivity contribution in [3.63, 3.8) is 0 Å². The van der Waals surface area contributed by atoms with Gasteiger partial charge in [-0.05, 0) is 0 Å². The summed E-state index contributed by atoms with van der Waals surface area (Å²) < 4.78 is 22.0. The van der Waals surface area contributed by atoms with Gasteiger partial charge in [-0.15, -0.1) is 0 Å². The fourth-order valence-electron chi connectivity index (χ4n) is 0. The van der Waals surface area contributed by atoms with Crippen LogP contribution in [-0.4, -0.2) is 31.2 Å². The summed E-state index contributed by atoms with van der Waals surface area (Å²) in [4.78, 5) is 0. The van der Waals surface area contributed by atoms with E-state index in [-0.39, 0.29) is 0 Å². The Morgan fingerprint density at radius 3 is 1.00 bits per heavy atom. The third-order valence-corrected chi connectivity index (χ3v) is 0. The van der Waals surface area contributed by atoms with Gasteiger partial charge in [0.25, 0.3) is 0 Å². The van der Waals surface area contributed by atoms with E-state index >= 15 is 0 Å². The van der Waals surface area contributed by atoms with E-state index in [0.717, 1.165) is 0 Å². The predicted octanol–water partition coefficient (Wildman–Crippen LogP) is -2.05. The molecule has 3 nitrogen and oxygen atoms in total. The molecule has 0 bridgehead atoms. The fraction of sp³-hybridized carbons (Fsp3) is 0. The van der Waals surface area contributed by atoms with Crippen molar-refractivity contribution in [2.45, 2.75) is 0 Å². The summed E-state index contributed by atoms with van der Waals surface area (Å²) in [6.45, 7) is 0. The molecule has 4 heavy (non-hydrogen) atoms. The summed E-state index contributed by atoms with van der Waals surface area (Å²) in [5.41, 5.74) is 0. The molecule has 0 aromatic heterocycles. The van der Waals surface area contributed by atoms with Gasteiger partial charge >= 0.3 is 31.2 Å². The molecule has 0 saturated heterocycles. The maximum atomic E-state index is 7.34. The Kier molecular flexibility index (Phi) is 2.27. The van der Waals surface area contributed by atoms with E-state index in [1.165, 1.54) is 0 Å². The molecule has 0 aliphatic heterocycles. The molecule has 27 valence electrons. The fourth-order valence-corrected chi connectivity index (χ4v) is 0. The first-order valence-corrected chi connectivity index (χ1v) is 3.67. The van der Waals surface area contributed by atoms with Crippen LogP contribution in [0.5, 0.6) is 0 Å². The van der Waals surface area contributed by atoms with Crippen molar-refractivity contribution in [3.8, 4) is 0 Å². The average molecular weight is 179 g/mol. The van der Waals surface area contributed by atoms with Gasteiger partial charge in [0.2, 0.25) is 0 Å². The molecule has 0 spiro atoms. The maximum absolute atomic E-state index is 7.34. The molecule has 0 aromatic carbocycles. The summed E-state index contributed by atoms with van der Waals surface area (Å²) in [6.07, 6.45) is 0. The zero-order chi connectivity index (χ0) is 3.58. The van der Waals surface area contributed by atoms with E-state index < -0.39 is 20.8 Å².